The van der Waals surface area contributed by atoms with Gasteiger partial charge in [-0.3, -0.25) is 0 Å². The highest BCUT2D eigenvalue weighted by atomic mass is 16.4. The van der Waals surface area contributed by atoms with Crippen LogP contribution in [0.4, 0.5) is 0 Å². The fourth-order valence-electron chi connectivity index (χ4n) is 3.44. The van der Waals surface area contributed by atoms with E-state index in [2.05, 4.69) is 16.9 Å². The molecule has 1 aromatic carbocycles. The van der Waals surface area contributed by atoms with Gasteiger partial charge in [0.05, 0.1) is 17.2 Å². The number of nitrogens with one attached hydrogen (secondary N) is 1. The first-order chi connectivity index (χ1) is 13.0. The zero-order chi connectivity index (χ0) is 19.4. The number of aliphatic hydroxyl groups is 1. The van der Waals surface area contributed by atoms with E-state index < -0.39 is 5.97 Å². The molecule has 0 atom stereocenters. The minimum absolute atomic E-state index is 0.217. The molecule has 7 heteroatoms. The van der Waals surface area contributed by atoms with Gasteiger partial charge in [0, 0.05) is 17.6 Å². The lowest BCUT2D eigenvalue weighted by atomic mass is 9.93. The Hall–Kier alpha value is -3.06. The first-order valence-electron chi connectivity index (χ1n) is 8.94. The average Bonchev–Trinajstić information content (AvgIpc) is 3.07. The van der Waals surface area contributed by atoms with Gasteiger partial charge in [-0.25, -0.2) is 9.79 Å². The lowest BCUT2D eigenvalue weighted by Gasteiger charge is -2.26. The molecule has 0 bridgehead atoms. The molecule has 0 spiro atoms. The van der Waals surface area contributed by atoms with Crippen LogP contribution >= 0.6 is 0 Å². The standard InChI is InChI=1S/C20H24N4O3/c1-13(22-14-5-7-15(25)8-6-14)23-19(9-11-21)24-12-10-16-17(20(26)27)3-2-4-18(16)24/h2-4,9-12,14-15,22,25H,1,5-8,21H2,(H,26,27)/b11-9-,23-19+/t14-,15-. The number of nitrogens with zero attached hydrogens (tertiary/aromatic N) is 2. The van der Waals surface area contributed by atoms with Gasteiger partial charge < -0.3 is 25.8 Å². The van der Waals surface area contributed by atoms with Gasteiger partial charge in [0.1, 0.15) is 11.7 Å². The van der Waals surface area contributed by atoms with E-state index >= 15 is 0 Å². The molecule has 0 saturated heterocycles. The second-order valence-corrected chi connectivity index (χ2v) is 6.65. The molecule has 1 aromatic heterocycles. The Kier molecular flexibility index (Phi) is 5.61. The van der Waals surface area contributed by atoms with Gasteiger partial charge in [-0.05, 0) is 56.2 Å². The van der Waals surface area contributed by atoms with E-state index in [4.69, 9.17) is 5.73 Å². The Morgan fingerprint density at radius 3 is 2.70 bits per heavy atom. The fraction of sp³-hybridized carbons (Fsp3) is 0.300. The zero-order valence-corrected chi connectivity index (χ0v) is 15.0. The smallest absolute Gasteiger partial charge is 0.336 e. The minimum Gasteiger partial charge on any atom is -0.478 e. The highest BCUT2D eigenvalue weighted by molar-refractivity contribution is 6.07. The summed E-state index contributed by atoms with van der Waals surface area (Å²) in [5.41, 5.74) is 6.54. The molecule has 1 heterocycles. The maximum atomic E-state index is 11.4. The van der Waals surface area contributed by atoms with Crippen LogP contribution in [0.25, 0.3) is 10.9 Å². The van der Waals surface area contributed by atoms with Crippen molar-refractivity contribution in [3.63, 3.8) is 0 Å². The molecule has 1 saturated carbocycles. The lowest BCUT2D eigenvalue weighted by Crippen LogP contribution is -2.33. The van der Waals surface area contributed by atoms with Gasteiger partial charge in [-0.1, -0.05) is 12.6 Å². The summed E-state index contributed by atoms with van der Waals surface area (Å²) in [5, 5.41) is 22.9. The summed E-state index contributed by atoms with van der Waals surface area (Å²) in [7, 11) is 0. The van der Waals surface area contributed by atoms with Crippen molar-refractivity contribution < 1.29 is 15.0 Å². The molecule has 0 amide bonds. The molecule has 1 aliphatic carbocycles. The van der Waals surface area contributed by atoms with Crippen molar-refractivity contribution in [2.24, 2.45) is 10.7 Å². The van der Waals surface area contributed by atoms with Crippen LogP contribution in [0.3, 0.4) is 0 Å². The van der Waals surface area contributed by atoms with Gasteiger partial charge in [-0.15, -0.1) is 0 Å². The molecular weight excluding hydrogens is 344 g/mol. The number of benzene rings is 1. The fourth-order valence-corrected chi connectivity index (χ4v) is 3.44. The van der Waals surface area contributed by atoms with Crippen LogP contribution in [0.15, 0.2) is 60.1 Å². The Labute approximate surface area is 157 Å². The number of aromatic carboxylic acids is 1. The second kappa shape index (κ2) is 8.09. The van der Waals surface area contributed by atoms with Crippen LogP contribution in [-0.4, -0.2) is 38.7 Å². The van der Waals surface area contributed by atoms with E-state index in [0.717, 1.165) is 31.2 Å². The normalized spacial score (nSPS) is 20.9. The number of aliphatic hydroxyl groups excluding tert-OH is 1. The summed E-state index contributed by atoms with van der Waals surface area (Å²) in [4.78, 5) is 16.0. The van der Waals surface area contributed by atoms with Crippen molar-refractivity contribution in [2.45, 2.75) is 37.8 Å². The van der Waals surface area contributed by atoms with E-state index in [1.54, 1.807) is 35.0 Å². The number of nitrogens with two attached hydrogens (primary N) is 1. The van der Waals surface area contributed by atoms with Gasteiger partial charge in [0.2, 0.25) is 0 Å². The predicted molar refractivity (Wildman–Crippen MR) is 106 cm³/mol. The summed E-state index contributed by atoms with van der Waals surface area (Å²) < 4.78 is 1.78. The van der Waals surface area contributed by atoms with Crippen LogP contribution in [0.2, 0.25) is 0 Å². The van der Waals surface area contributed by atoms with Crippen molar-refractivity contribution in [1.82, 2.24) is 9.88 Å². The van der Waals surface area contributed by atoms with Crippen molar-refractivity contribution in [1.29, 1.82) is 0 Å². The Bertz CT molecular complexity index is 905. The Balaban J connectivity index is 1.88. The van der Waals surface area contributed by atoms with Gasteiger partial charge in [-0.2, -0.15) is 0 Å². The molecule has 2 aromatic rings. The number of carboxylic acid groups (broad SMARTS) is 1. The monoisotopic (exact) mass is 368 g/mol. The van der Waals surface area contributed by atoms with E-state index in [1.165, 1.54) is 6.20 Å². The highest BCUT2D eigenvalue weighted by Gasteiger charge is 2.19. The average molecular weight is 368 g/mol. The molecule has 0 unspecified atom stereocenters. The molecule has 1 fully saturated rings. The zero-order valence-electron chi connectivity index (χ0n) is 15.0. The van der Waals surface area contributed by atoms with E-state index in [0.29, 0.717) is 17.0 Å². The van der Waals surface area contributed by atoms with Crippen LogP contribution in [-0.2, 0) is 0 Å². The van der Waals surface area contributed by atoms with E-state index in [1.807, 2.05) is 6.07 Å². The summed E-state index contributed by atoms with van der Waals surface area (Å²) >= 11 is 0. The number of aromatic nitrogens is 1. The van der Waals surface area contributed by atoms with E-state index in [-0.39, 0.29) is 17.7 Å². The Morgan fingerprint density at radius 2 is 2.04 bits per heavy atom. The van der Waals surface area contributed by atoms with Crippen LogP contribution in [0.1, 0.15) is 36.0 Å². The van der Waals surface area contributed by atoms with Gasteiger partial charge >= 0.3 is 5.97 Å². The molecule has 0 aliphatic heterocycles. The number of hydrogen-bond donors (Lipinski definition) is 4. The number of fused-ring (bicyclic) bond motifs is 1. The predicted octanol–water partition coefficient (Wildman–Crippen LogP) is 2.42. The maximum absolute atomic E-state index is 11.4. The number of hydrogen-bond acceptors (Lipinski definition) is 5. The molecule has 5 N–H and O–H groups in total. The number of carbonyl (C=O) groups is 1. The SMILES string of the molecule is C=C(/N=C(\C=C/N)n1ccc2c(C(=O)O)cccc21)N[C@H]1CC[C@H](O)CC1. The highest BCUT2D eigenvalue weighted by Crippen LogP contribution is 2.22. The third kappa shape index (κ3) is 4.20. The summed E-state index contributed by atoms with van der Waals surface area (Å²) in [6, 6.07) is 7.08. The van der Waals surface area contributed by atoms with Crippen LogP contribution < -0.4 is 11.1 Å². The second-order valence-electron chi connectivity index (χ2n) is 6.65. The first kappa shape index (κ1) is 18.7. The van der Waals surface area contributed by atoms with Crippen molar-refractivity contribution in [2.75, 3.05) is 0 Å². The molecule has 7 nitrogen and oxygen atoms in total. The Morgan fingerprint density at radius 1 is 1.30 bits per heavy atom. The van der Waals surface area contributed by atoms with Crippen molar-refractivity contribution in [3.05, 3.63) is 60.7 Å². The number of carboxylic acids is 1. The third-order valence-corrected chi connectivity index (χ3v) is 4.77. The first-order valence-corrected chi connectivity index (χ1v) is 8.94. The number of allylic oxidation sites excluding steroid dienone is 1. The topological polar surface area (TPSA) is 113 Å². The van der Waals surface area contributed by atoms with Crippen molar-refractivity contribution >= 4 is 22.7 Å². The third-order valence-electron chi connectivity index (χ3n) is 4.77. The van der Waals surface area contributed by atoms with Crippen LogP contribution in [0.5, 0.6) is 0 Å². The summed E-state index contributed by atoms with van der Waals surface area (Å²) in [6.45, 7) is 3.98. The largest absolute Gasteiger partial charge is 0.478 e. The minimum atomic E-state index is -0.975. The van der Waals surface area contributed by atoms with Gasteiger partial charge in [0.15, 0.2) is 0 Å². The molecule has 3 rings (SSSR count). The molecule has 27 heavy (non-hydrogen) atoms. The van der Waals surface area contributed by atoms with E-state index in [9.17, 15) is 15.0 Å². The van der Waals surface area contributed by atoms with Crippen molar-refractivity contribution in [3.8, 4) is 0 Å². The summed E-state index contributed by atoms with van der Waals surface area (Å²) in [5.74, 6) is 0.0564. The van der Waals surface area contributed by atoms with Gasteiger partial charge in [0.25, 0.3) is 0 Å². The molecular formula is C20H24N4O3. The number of rotatable bonds is 5. The lowest BCUT2D eigenvalue weighted by molar-refractivity contribution is 0.0699. The molecule has 0 radical (unpaired) electrons. The van der Waals surface area contributed by atoms with Crippen LogP contribution in [0, 0.1) is 0 Å². The quantitative estimate of drug-likeness (QED) is 0.478. The molecule has 1 aliphatic rings. The summed E-state index contributed by atoms with van der Waals surface area (Å²) in [6.07, 6.45) is 7.85. The maximum Gasteiger partial charge on any atom is 0.336 e. The molecule has 142 valence electrons. The number of aliphatic imine (C=N–C) groups is 1.